The molecule has 0 aliphatic carbocycles. The lowest BCUT2D eigenvalue weighted by molar-refractivity contribution is -0.144. The third kappa shape index (κ3) is 39.7. The van der Waals surface area contributed by atoms with Gasteiger partial charge in [-0.1, -0.05) is 88.4 Å². The third-order valence-electron chi connectivity index (χ3n) is 17.2. The fourth-order valence-electron chi connectivity index (χ4n) is 11.1. The fourth-order valence-corrected chi connectivity index (χ4v) is 11.6. The summed E-state index contributed by atoms with van der Waals surface area (Å²) < 4.78 is 0. The van der Waals surface area contributed by atoms with Crippen LogP contribution in [0.3, 0.4) is 0 Å². The van der Waals surface area contributed by atoms with Crippen LogP contribution in [0.25, 0.3) is 0 Å². The van der Waals surface area contributed by atoms with Gasteiger partial charge in [0.15, 0.2) is 0 Å². The number of benzene rings is 2. The van der Waals surface area contributed by atoms with E-state index in [4.69, 9.17) is 5.73 Å². The number of aliphatic hydroxyl groups is 1. The summed E-state index contributed by atoms with van der Waals surface area (Å²) in [6.45, 7) is 7.29. The van der Waals surface area contributed by atoms with E-state index >= 15 is 0 Å². The van der Waals surface area contributed by atoms with E-state index in [9.17, 15) is 142 Å². The first kappa shape index (κ1) is 100. The standard InChI is InChI=1S/C73H105N13O29S/c1-36(2)31-48(81-71(112)52(35-59(100)101)84-64(105)42(17-23-53(88)89)75-61(102)41(74)29-30-116-6)67(108)78-43(18-24-54(90)91)63(104)77-46(21-27-57(96)97)66(107)86-60(38(5)87)72(113)85-49(32-37(3)4)68(109)83-50(33-39-13-9-7-10-14-39)69(110)79-44(19-25-55(92)93)62(103)76-45(20-26-56(94)95)65(106)82-51(34-40-15-11-8-12-16-40)70(111)80-47(73(114)115)22-28-58(98)99/h7-16,36-38,41-52,60,87H,17-35,74H2,1-6H3,(H,75,102)(H,76,103)(H,77,104)(H,78,108)(H,79,110)(H,80,111)(H,81,112)(H,82,106)(H,83,109)(H,84,105)(H,85,113)(H,86,107)(H,88,89)(H,90,91)(H,92,93)(H,94,95)(H,96,97)(H,98,99)(H,100,101)(H,114,115)/t38-,41+,42+,43+,44+,45+,46+,47+,48+,49+,50+,51+,52+,60+/m1/s1. The Morgan fingerprint density at radius 1 is 0.310 bits per heavy atom. The molecule has 12 amide bonds. The van der Waals surface area contributed by atoms with Crippen LogP contribution in [0.2, 0.25) is 0 Å². The second-order valence-electron chi connectivity index (χ2n) is 28.0. The number of carboxylic acid groups (broad SMARTS) is 8. The summed E-state index contributed by atoms with van der Waals surface area (Å²) in [4.78, 5) is 265. The van der Waals surface area contributed by atoms with E-state index in [0.29, 0.717) is 16.9 Å². The number of carboxylic acids is 8. The number of carbonyl (C=O) groups excluding carboxylic acids is 12. The van der Waals surface area contributed by atoms with Gasteiger partial charge in [-0.25, -0.2) is 4.79 Å². The molecule has 116 heavy (non-hydrogen) atoms. The van der Waals surface area contributed by atoms with E-state index in [1.54, 1.807) is 70.3 Å². The number of amides is 12. The second-order valence-corrected chi connectivity index (χ2v) is 28.9. The molecule has 0 radical (unpaired) electrons. The van der Waals surface area contributed by atoms with Crippen molar-refractivity contribution in [3.05, 3.63) is 71.8 Å². The number of rotatable bonds is 57. The van der Waals surface area contributed by atoms with Gasteiger partial charge in [0.05, 0.1) is 18.6 Å². The molecule has 0 spiro atoms. The lowest BCUT2D eigenvalue weighted by atomic mass is 9.99. The number of hydrogen-bond donors (Lipinski definition) is 22. The summed E-state index contributed by atoms with van der Waals surface area (Å²) in [5.74, 6) is -27.7. The van der Waals surface area contributed by atoms with E-state index in [0.717, 1.165) is 6.92 Å². The summed E-state index contributed by atoms with van der Waals surface area (Å²) in [7, 11) is 0. The van der Waals surface area contributed by atoms with Crippen molar-refractivity contribution >= 4 is 130 Å². The van der Waals surface area contributed by atoms with Gasteiger partial charge >= 0.3 is 47.8 Å². The van der Waals surface area contributed by atoms with Gasteiger partial charge in [0.1, 0.15) is 72.5 Å². The normalized spacial score (nSPS) is 14.7. The molecule has 642 valence electrons. The number of aliphatic hydroxyl groups excluding tert-OH is 1. The molecular formula is C73H105N13O29S. The van der Waals surface area contributed by atoms with Crippen molar-refractivity contribution in [3.8, 4) is 0 Å². The van der Waals surface area contributed by atoms with Crippen LogP contribution >= 0.6 is 11.8 Å². The molecule has 0 saturated carbocycles. The van der Waals surface area contributed by atoms with Crippen LogP contribution in [-0.2, 0) is 109 Å². The molecule has 0 aliphatic rings. The number of aliphatic carboxylic acids is 8. The molecular weight excluding hydrogens is 1550 g/mol. The first-order chi connectivity index (χ1) is 54.4. The largest absolute Gasteiger partial charge is 0.481 e. The predicted molar refractivity (Wildman–Crippen MR) is 406 cm³/mol. The fraction of sp³-hybridized carbons (Fsp3) is 0.562. The summed E-state index contributed by atoms with van der Waals surface area (Å²) in [6, 6.07) is -8.05. The first-order valence-electron chi connectivity index (χ1n) is 36.8. The maximum absolute atomic E-state index is 14.7. The molecule has 43 heteroatoms. The van der Waals surface area contributed by atoms with Crippen molar-refractivity contribution in [2.75, 3.05) is 12.0 Å². The van der Waals surface area contributed by atoms with Crippen LogP contribution in [0.15, 0.2) is 60.7 Å². The van der Waals surface area contributed by atoms with E-state index in [1.807, 2.05) is 0 Å². The lowest BCUT2D eigenvalue weighted by Crippen LogP contribution is -2.62. The van der Waals surface area contributed by atoms with Gasteiger partial charge in [-0.3, -0.25) is 91.1 Å². The molecule has 14 atom stereocenters. The maximum atomic E-state index is 14.7. The van der Waals surface area contributed by atoms with Crippen molar-refractivity contribution in [2.24, 2.45) is 17.6 Å². The van der Waals surface area contributed by atoms with E-state index in [1.165, 1.54) is 36.0 Å². The van der Waals surface area contributed by atoms with Gasteiger partial charge in [0.2, 0.25) is 70.9 Å². The Hall–Kier alpha value is -11.9. The minimum Gasteiger partial charge on any atom is -0.481 e. The number of nitrogens with one attached hydrogen (secondary N) is 12. The number of carbonyl (C=O) groups is 20. The first-order valence-corrected chi connectivity index (χ1v) is 38.2. The highest BCUT2D eigenvalue weighted by Gasteiger charge is 2.40. The molecule has 42 nitrogen and oxygen atoms in total. The minimum atomic E-state index is -2.11. The van der Waals surface area contributed by atoms with Crippen molar-refractivity contribution in [1.82, 2.24) is 63.8 Å². The SMILES string of the molecule is CSCC[C@H](N)C(=O)N[C@@H](CCC(=O)O)C(=O)N[C@@H](CC(=O)O)C(=O)N[C@@H](CC(C)C)C(=O)N[C@@H](CCC(=O)O)C(=O)N[C@@H](CCC(=O)O)C(=O)N[C@H](C(=O)N[C@@H](CC(C)C)C(=O)N[C@@H](Cc1ccccc1)C(=O)N[C@@H](CCC(=O)O)C(=O)N[C@@H](CCC(=O)O)C(=O)N[C@@H](Cc1ccccc1)C(=O)N[C@@H](CCC(=O)O)C(=O)O)[C@@H](C)O. The molecule has 0 aliphatic heterocycles. The zero-order chi connectivity index (χ0) is 87.6. The van der Waals surface area contributed by atoms with Crippen LogP contribution in [0, 0.1) is 11.8 Å². The Morgan fingerprint density at radius 3 is 0.853 bits per heavy atom. The number of thioether (sulfide) groups is 1. The average Bonchev–Trinajstić information content (AvgIpc) is 0.848. The van der Waals surface area contributed by atoms with E-state index in [2.05, 4.69) is 63.8 Å². The van der Waals surface area contributed by atoms with E-state index < -0.39 is 305 Å². The molecule has 0 unspecified atom stereocenters. The number of hydrogen-bond acceptors (Lipinski definition) is 23. The van der Waals surface area contributed by atoms with Gasteiger partial charge in [0, 0.05) is 51.4 Å². The Balaban J connectivity index is 2.61. The van der Waals surface area contributed by atoms with Crippen molar-refractivity contribution < 1.29 is 142 Å². The third-order valence-corrected chi connectivity index (χ3v) is 17.9. The molecule has 2 aromatic carbocycles. The molecule has 23 N–H and O–H groups in total. The Bertz CT molecular complexity index is 3760. The monoisotopic (exact) mass is 1660 g/mol. The van der Waals surface area contributed by atoms with Gasteiger partial charge in [-0.2, -0.15) is 11.8 Å². The lowest BCUT2D eigenvalue weighted by Gasteiger charge is -2.29. The van der Waals surface area contributed by atoms with Crippen molar-refractivity contribution in [3.63, 3.8) is 0 Å². The minimum absolute atomic E-state index is 0.131. The van der Waals surface area contributed by atoms with Gasteiger partial charge < -0.3 is 115 Å². The highest BCUT2D eigenvalue weighted by Crippen LogP contribution is 2.16. The van der Waals surface area contributed by atoms with Crippen LogP contribution in [-0.4, -0.2) is 261 Å². The molecule has 2 aromatic rings. The summed E-state index contributed by atoms with van der Waals surface area (Å²) >= 11 is 1.35. The van der Waals surface area contributed by atoms with Crippen LogP contribution in [0.5, 0.6) is 0 Å². The Kier molecular flexibility index (Phi) is 44.7. The van der Waals surface area contributed by atoms with Crippen molar-refractivity contribution in [1.29, 1.82) is 0 Å². The molecule has 0 heterocycles. The quantitative estimate of drug-likeness (QED) is 0.0307. The van der Waals surface area contributed by atoms with Crippen LogP contribution < -0.4 is 69.5 Å². The van der Waals surface area contributed by atoms with Gasteiger partial charge in [0.25, 0.3) is 0 Å². The van der Waals surface area contributed by atoms with Gasteiger partial charge in [-0.05, 0) is 99.7 Å². The van der Waals surface area contributed by atoms with E-state index in [-0.39, 0.29) is 25.7 Å². The maximum Gasteiger partial charge on any atom is 0.326 e. The Morgan fingerprint density at radius 2 is 0.560 bits per heavy atom. The topological polar surface area (TPSA) is 694 Å². The highest BCUT2D eigenvalue weighted by molar-refractivity contribution is 7.98. The summed E-state index contributed by atoms with van der Waals surface area (Å²) in [5, 5.41) is 116. The zero-order valence-electron chi connectivity index (χ0n) is 64.6. The molecule has 2 rings (SSSR count). The second kappa shape index (κ2) is 51.8. The molecule has 0 saturated heterocycles. The van der Waals surface area contributed by atoms with Crippen LogP contribution in [0.4, 0.5) is 0 Å². The summed E-state index contributed by atoms with van der Waals surface area (Å²) in [5.41, 5.74) is 6.68. The average molecular weight is 1660 g/mol. The molecule has 0 aromatic heterocycles. The molecule has 0 fully saturated rings. The predicted octanol–water partition coefficient (Wildman–Crippen LogP) is -3.41. The highest BCUT2D eigenvalue weighted by atomic mass is 32.2. The molecule has 0 bridgehead atoms. The smallest absolute Gasteiger partial charge is 0.326 e. The van der Waals surface area contributed by atoms with Crippen molar-refractivity contribution in [2.45, 2.75) is 235 Å². The number of nitrogens with two attached hydrogens (primary N) is 1. The zero-order valence-corrected chi connectivity index (χ0v) is 65.4. The van der Waals surface area contributed by atoms with Gasteiger partial charge in [-0.15, -0.1) is 0 Å². The van der Waals surface area contributed by atoms with Crippen LogP contribution in [0.1, 0.15) is 148 Å². The summed E-state index contributed by atoms with van der Waals surface area (Å²) in [6.07, 6.45) is -11.7. The Labute approximate surface area is 669 Å².